The van der Waals surface area contributed by atoms with Crippen LogP contribution in [0.25, 0.3) is 0 Å². The number of benzene rings is 2. The number of piperidine rings is 1. The molecule has 0 saturated carbocycles. The third-order valence-corrected chi connectivity index (χ3v) is 5.34. The lowest BCUT2D eigenvalue weighted by Gasteiger charge is -2.32. The highest BCUT2D eigenvalue weighted by atomic mass is 79.9. The van der Waals surface area contributed by atoms with E-state index in [4.69, 9.17) is 0 Å². The molecule has 2 aromatic carbocycles. The van der Waals surface area contributed by atoms with Crippen LogP contribution in [0.2, 0.25) is 0 Å². The summed E-state index contributed by atoms with van der Waals surface area (Å²) in [7, 11) is 0. The first-order valence-corrected chi connectivity index (χ1v) is 9.54. The normalized spacial score (nSPS) is 15.7. The Morgan fingerprint density at radius 1 is 1.04 bits per heavy atom. The number of halogens is 1. The van der Waals surface area contributed by atoms with Gasteiger partial charge in [0.05, 0.1) is 0 Å². The van der Waals surface area contributed by atoms with Crippen LogP contribution in [0.3, 0.4) is 0 Å². The summed E-state index contributed by atoms with van der Waals surface area (Å²) in [5.74, 6) is 0. The van der Waals surface area contributed by atoms with E-state index in [-0.39, 0.29) is 12.1 Å². The van der Waals surface area contributed by atoms with Gasteiger partial charge < -0.3 is 10.6 Å². The van der Waals surface area contributed by atoms with Gasteiger partial charge in [0, 0.05) is 36.7 Å². The predicted molar refractivity (Wildman–Crippen MR) is 104 cm³/mol. The summed E-state index contributed by atoms with van der Waals surface area (Å²) >= 11 is 3.50. The Bertz CT molecular complexity index is 684. The summed E-state index contributed by atoms with van der Waals surface area (Å²) in [6.07, 6.45) is 1.99. The maximum Gasteiger partial charge on any atom is 0.315 e. The third kappa shape index (κ3) is 5.58. The molecular formula is C20H24BrN3O. The fourth-order valence-corrected chi connectivity index (χ4v) is 3.56. The van der Waals surface area contributed by atoms with Crippen molar-refractivity contribution in [2.75, 3.05) is 13.1 Å². The Kier molecular flexibility index (Phi) is 6.48. The molecule has 1 aliphatic heterocycles. The number of urea groups is 1. The lowest BCUT2D eigenvalue weighted by Crippen LogP contribution is -2.47. The number of amides is 2. The molecule has 25 heavy (non-hydrogen) atoms. The molecule has 2 amide bonds. The first kappa shape index (κ1) is 18.0. The van der Waals surface area contributed by atoms with E-state index in [1.807, 2.05) is 30.3 Å². The first-order valence-electron chi connectivity index (χ1n) is 8.75. The Balaban J connectivity index is 1.38. The van der Waals surface area contributed by atoms with Crippen LogP contribution in [0.15, 0.2) is 59.1 Å². The van der Waals surface area contributed by atoms with Gasteiger partial charge in [-0.15, -0.1) is 0 Å². The van der Waals surface area contributed by atoms with Crippen LogP contribution in [-0.4, -0.2) is 30.1 Å². The number of carbonyl (C=O) groups is 1. The largest absolute Gasteiger partial charge is 0.335 e. The van der Waals surface area contributed by atoms with Gasteiger partial charge in [0.15, 0.2) is 0 Å². The second kappa shape index (κ2) is 9.02. The van der Waals surface area contributed by atoms with E-state index in [9.17, 15) is 4.79 Å². The van der Waals surface area contributed by atoms with E-state index >= 15 is 0 Å². The number of nitrogens with zero attached hydrogens (tertiary/aromatic N) is 1. The fraction of sp³-hybridized carbons (Fsp3) is 0.350. The number of carbonyl (C=O) groups excluding carboxylic acids is 1. The van der Waals surface area contributed by atoms with Crippen LogP contribution < -0.4 is 10.6 Å². The molecule has 4 nitrogen and oxygen atoms in total. The molecule has 0 aliphatic carbocycles. The van der Waals surface area contributed by atoms with Crippen molar-refractivity contribution in [2.24, 2.45) is 0 Å². The Morgan fingerprint density at radius 3 is 2.44 bits per heavy atom. The molecule has 0 atom stereocenters. The fourth-order valence-electron chi connectivity index (χ4n) is 3.13. The van der Waals surface area contributed by atoms with E-state index in [2.05, 4.69) is 55.7 Å². The molecule has 0 aromatic heterocycles. The van der Waals surface area contributed by atoms with Crippen molar-refractivity contribution in [2.45, 2.75) is 32.0 Å². The van der Waals surface area contributed by atoms with Crippen LogP contribution in [0.1, 0.15) is 24.0 Å². The molecule has 0 unspecified atom stereocenters. The number of nitrogens with one attached hydrogen (secondary N) is 2. The Hall–Kier alpha value is -1.85. The second-order valence-electron chi connectivity index (χ2n) is 6.45. The van der Waals surface area contributed by atoms with E-state index in [0.29, 0.717) is 6.54 Å². The highest BCUT2D eigenvalue weighted by Gasteiger charge is 2.20. The molecule has 132 valence electrons. The number of rotatable bonds is 5. The van der Waals surface area contributed by atoms with Crippen molar-refractivity contribution >= 4 is 22.0 Å². The zero-order chi connectivity index (χ0) is 17.5. The summed E-state index contributed by atoms with van der Waals surface area (Å²) < 4.78 is 1.02. The molecule has 1 heterocycles. The number of likely N-dealkylation sites (tertiary alicyclic amines) is 1. The third-order valence-electron chi connectivity index (χ3n) is 4.57. The topological polar surface area (TPSA) is 44.4 Å². The molecule has 0 radical (unpaired) electrons. The Labute approximate surface area is 157 Å². The molecule has 2 aromatic rings. The zero-order valence-corrected chi connectivity index (χ0v) is 15.8. The van der Waals surface area contributed by atoms with Gasteiger partial charge >= 0.3 is 6.03 Å². The van der Waals surface area contributed by atoms with Gasteiger partial charge in [-0.1, -0.05) is 64.5 Å². The lowest BCUT2D eigenvalue weighted by molar-refractivity contribution is 0.186. The predicted octanol–water partition coefficient (Wildman–Crippen LogP) is 3.91. The van der Waals surface area contributed by atoms with Crippen molar-refractivity contribution in [1.29, 1.82) is 0 Å². The second-order valence-corrected chi connectivity index (χ2v) is 7.31. The van der Waals surface area contributed by atoms with Gasteiger partial charge in [-0.2, -0.15) is 0 Å². The molecule has 2 N–H and O–H groups in total. The minimum Gasteiger partial charge on any atom is -0.335 e. The standard InChI is InChI=1S/C20H24BrN3O/c21-19-9-5-4-8-17(19)14-22-20(25)23-18-10-12-24(13-11-18)15-16-6-2-1-3-7-16/h1-9,18H,10-15H2,(H2,22,23,25). The quantitative estimate of drug-likeness (QED) is 0.797. The summed E-state index contributed by atoms with van der Waals surface area (Å²) in [5.41, 5.74) is 2.43. The molecule has 0 bridgehead atoms. The van der Waals surface area contributed by atoms with Gasteiger partial charge in [0.25, 0.3) is 0 Å². The van der Waals surface area contributed by atoms with Crippen LogP contribution in [0.4, 0.5) is 4.79 Å². The van der Waals surface area contributed by atoms with Crippen LogP contribution in [0.5, 0.6) is 0 Å². The van der Waals surface area contributed by atoms with Crippen molar-refractivity contribution in [1.82, 2.24) is 15.5 Å². The monoisotopic (exact) mass is 401 g/mol. The average Bonchev–Trinajstić information content (AvgIpc) is 2.64. The first-order chi connectivity index (χ1) is 12.2. The minimum atomic E-state index is -0.0859. The molecule has 1 saturated heterocycles. The van der Waals surface area contributed by atoms with Gasteiger partial charge in [0.1, 0.15) is 0 Å². The SMILES string of the molecule is O=C(NCc1ccccc1Br)NC1CCN(Cc2ccccc2)CC1. The van der Waals surface area contributed by atoms with Crippen LogP contribution >= 0.6 is 15.9 Å². The number of hydrogen-bond acceptors (Lipinski definition) is 2. The summed E-state index contributed by atoms with van der Waals surface area (Å²) in [5, 5.41) is 6.05. The van der Waals surface area contributed by atoms with E-state index in [1.165, 1.54) is 5.56 Å². The van der Waals surface area contributed by atoms with Gasteiger partial charge in [-0.25, -0.2) is 4.79 Å². The number of hydrogen-bond donors (Lipinski definition) is 2. The molecule has 1 fully saturated rings. The maximum atomic E-state index is 12.1. The molecule has 3 rings (SSSR count). The average molecular weight is 402 g/mol. The highest BCUT2D eigenvalue weighted by molar-refractivity contribution is 9.10. The van der Waals surface area contributed by atoms with Crippen molar-refractivity contribution in [3.8, 4) is 0 Å². The summed E-state index contributed by atoms with van der Waals surface area (Å²) in [6, 6.07) is 18.6. The maximum absolute atomic E-state index is 12.1. The van der Waals surface area contributed by atoms with Crippen LogP contribution in [0, 0.1) is 0 Å². The van der Waals surface area contributed by atoms with Gasteiger partial charge in [-0.3, -0.25) is 4.90 Å². The molecular weight excluding hydrogens is 378 g/mol. The van der Waals surface area contributed by atoms with Gasteiger partial charge in [-0.05, 0) is 30.0 Å². The summed E-state index contributed by atoms with van der Waals surface area (Å²) in [6.45, 7) is 3.55. The van der Waals surface area contributed by atoms with Crippen molar-refractivity contribution in [3.05, 3.63) is 70.2 Å². The zero-order valence-electron chi connectivity index (χ0n) is 14.2. The van der Waals surface area contributed by atoms with E-state index < -0.39 is 0 Å². The van der Waals surface area contributed by atoms with Gasteiger partial charge in [0.2, 0.25) is 0 Å². The summed E-state index contributed by atoms with van der Waals surface area (Å²) in [4.78, 5) is 14.6. The van der Waals surface area contributed by atoms with Crippen molar-refractivity contribution < 1.29 is 4.79 Å². The molecule has 0 spiro atoms. The highest BCUT2D eigenvalue weighted by Crippen LogP contribution is 2.16. The van der Waals surface area contributed by atoms with E-state index in [1.54, 1.807) is 0 Å². The van der Waals surface area contributed by atoms with Crippen molar-refractivity contribution in [3.63, 3.8) is 0 Å². The minimum absolute atomic E-state index is 0.0859. The van der Waals surface area contributed by atoms with E-state index in [0.717, 1.165) is 42.5 Å². The van der Waals surface area contributed by atoms with Crippen LogP contribution in [-0.2, 0) is 13.1 Å². The smallest absolute Gasteiger partial charge is 0.315 e. The lowest BCUT2D eigenvalue weighted by atomic mass is 10.0. The molecule has 5 heteroatoms. The Morgan fingerprint density at radius 2 is 1.72 bits per heavy atom. The molecule has 1 aliphatic rings.